The lowest BCUT2D eigenvalue weighted by Gasteiger charge is -2.10. The maximum absolute atomic E-state index is 11.5. The highest BCUT2D eigenvalue weighted by Crippen LogP contribution is 2.40. The standard InChI is InChI=1S/C15H15BrN2O3/c1-2-18-8-11(3-4-14(18)19)17-7-10-5-12(16)15-13(6-10)20-9-21-15/h3-6,8,17H,2,7,9H2,1H3. The van der Waals surface area contributed by atoms with Gasteiger partial charge in [-0.2, -0.15) is 0 Å². The summed E-state index contributed by atoms with van der Waals surface area (Å²) >= 11 is 3.48. The third-order valence-corrected chi connectivity index (χ3v) is 3.90. The monoisotopic (exact) mass is 350 g/mol. The summed E-state index contributed by atoms with van der Waals surface area (Å²) in [6.07, 6.45) is 1.82. The molecule has 0 atom stereocenters. The average molecular weight is 351 g/mol. The fraction of sp³-hybridized carbons (Fsp3) is 0.267. The Kier molecular flexibility index (Phi) is 3.88. The highest BCUT2D eigenvalue weighted by atomic mass is 79.9. The molecular weight excluding hydrogens is 336 g/mol. The second-order valence-corrected chi connectivity index (χ2v) is 5.56. The van der Waals surface area contributed by atoms with Crippen molar-refractivity contribution in [1.29, 1.82) is 0 Å². The highest BCUT2D eigenvalue weighted by molar-refractivity contribution is 9.10. The van der Waals surface area contributed by atoms with E-state index in [0.717, 1.165) is 27.2 Å². The van der Waals surface area contributed by atoms with E-state index in [1.165, 1.54) is 0 Å². The third kappa shape index (κ3) is 2.90. The average Bonchev–Trinajstić information content (AvgIpc) is 2.95. The molecule has 3 rings (SSSR count). The second-order valence-electron chi connectivity index (χ2n) is 4.71. The van der Waals surface area contributed by atoms with Crippen LogP contribution in [0.2, 0.25) is 0 Å². The van der Waals surface area contributed by atoms with E-state index in [2.05, 4.69) is 21.2 Å². The van der Waals surface area contributed by atoms with Gasteiger partial charge in [-0.25, -0.2) is 0 Å². The van der Waals surface area contributed by atoms with E-state index < -0.39 is 0 Å². The van der Waals surface area contributed by atoms with E-state index in [1.807, 2.05) is 25.3 Å². The Balaban J connectivity index is 1.76. The summed E-state index contributed by atoms with van der Waals surface area (Å²) in [6.45, 7) is 3.49. The molecule has 2 heterocycles. The lowest BCUT2D eigenvalue weighted by Crippen LogP contribution is -2.17. The second kappa shape index (κ2) is 5.81. The molecule has 5 nitrogen and oxygen atoms in total. The Morgan fingerprint density at radius 3 is 3.00 bits per heavy atom. The molecule has 0 saturated heterocycles. The van der Waals surface area contributed by atoms with Crippen LogP contribution in [0.5, 0.6) is 11.5 Å². The van der Waals surface area contributed by atoms with E-state index in [9.17, 15) is 4.79 Å². The summed E-state index contributed by atoms with van der Waals surface area (Å²) < 4.78 is 13.3. The minimum absolute atomic E-state index is 0.00822. The SMILES string of the molecule is CCn1cc(NCc2cc(Br)c3c(c2)OCO3)ccc1=O. The summed E-state index contributed by atoms with van der Waals surface area (Å²) in [5, 5.41) is 3.30. The first-order chi connectivity index (χ1) is 10.2. The van der Waals surface area contributed by atoms with Gasteiger partial charge in [-0.15, -0.1) is 0 Å². The molecule has 1 aromatic carbocycles. The zero-order valence-electron chi connectivity index (χ0n) is 11.6. The Morgan fingerprint density at radius 1 is 1.33 bits per heavy atom. The van der Waals surface area contributed by atoms with Crippen LogP contribution >= 0.6 is 15.9 Å². The number of hydrogen-bond acceptors (Lipinski definition) is 4. The van der Waals surface area contributed by atoms with Crippen LogP contribution in [0.15, 0.2) is 39.7 Å². The van der Waals surface area contributed by atoms with Crippen LogP contribution in [0, 0.1) is 0 Å². The topological polar surface area (TPSA) is 52.5 Å². The number of anilines is 1. The van der Waals surface area contributed by atoms with Crippen LogP contribution in [0.4, 0.5) is 5.69 Å². The van der Waals surface area contributed by atoms with Gasteiger partial charge in [0.25, 0.3) is 5.56 Å². The smallest absolute Gasteiger partial charge is 0.250 e. The predicted octanol–water partition coefficient (Wildman–Crippen LogP) is 2.97. The summed E-state index contributed by atoms with van der Waals surface area (Å²) in [6, 6.07) is 7.31. The minimum Gasteiger partial charge on any atom is -0.454 e. The number of nitrogens with one attached hydrogen (secondary N) is 1. The quantitative estimate of drug-likeness (QED) is 0.920. The van der Waals surface area contributed by atoms with Gasteiger partial charge in [0, 0.05) is 25.4 Å². The van der Waals surface area contributed by atoms with E-state index in [0.29, 0.717) is 13.1 Å². The Labute approximate surface area is 130 Å². The highest BCUT2D eigenvalue weighted by Gasteiger charge is 2.17. The molecule has 21 heavy (non-hydrogen) atoms. The van der Waals surface area contributed by atoms with Gasteiger partial charge < -0.3 is 19.4 Å². The molecule has 0 unspecified atom stereocenters. The van der Waals surface area contributed by atoms with Gasteiger partial charge in [0.15, 0.2) is 11.5 Å². The summed E-state index contributed by atoms with van der Waals surface area (Å²) in [5.41, 5.74) is 1.99. The summed E-state index contributed by atoms with van der Waals surface area (Å²) in [5.74, 6) is 1.50. The van der Waals surface area contributed by atoms with Gasteiger partial charge in [-0.3, -0.25) is 4.79 Å². The summed E-state index contributed by atoms with van der Waals surface area (Å²) in [4.78, 5) is 11.5. The molecule has 0 spiro atoms. The predicted molar refractivity (Wildman–Crippen MR) is 84.0 cm³/mol. The first-order valence-electron chi connectivity index (χ1n) is 6.70. The van der Waals surface area contributed by atoms with Gasteiger partial charge in [0.05, 0.1) is 10.2 Å². The molecule has 0 aliphatic carbocycles. The minimum atomic E-state index is 0.00822. The number of pyridine rings is 1. The number of rotatable bonds is 4. The number of halogens is 1. The van der Waals surface area contributed by atoms with Crippen molar-refractivity contribution >= 4 is 21.6 Å². The van der Waals surface area contributed by atoms with Crippen molar-refractivity contribution < 1.29 is 9.47 Å². The largest absolute Gasteiger partial charge is 0.454 e. The molecule has 110 valence electrons. The number of hydrogen-bond donors (Lipinski definition) is 1. The van der Waals surface area contributed by atoms with Crippen molar-refractivity contribution in [2.24, 2.45) is 0 Å². The molecule has 1 aromatic heterocycles. The molecule has 1 N–H and O–H groups in total. The Bertz CT molecular complexity index is 727. The van der Waals surface area contributed by atoms with Crippen LogP contribution in [0.1, 0.15) is 12.5 Å². The van der Waals surface area contributed by atoms with Crippen LogP contribution in [-0.2, 0) is 13.1 Å². The third-order valence-electron chi connectivity index (χ3n) is 3.31. The fourth-order valence-electron chi connectivity index (χ4n) is 2.21. The van der Waals surface area contributed by atoms with Crippen molar-refractivity contribution in [3.05, 3.63) is 50.9 Å². The normalized spacial score (nSPS) is 12.5. The van der Waals surface area contributed by atoms with E-state index >= 15 is 0 Å². The van der Waals surface area contributed by atoms with E-state index in [4.69, 9.17) is 9.47 Å². The van der Waals surface area contributed by atoms with Crippen LogP contribution < -0.4 is 20.3 Å². The lowest BCUT2D eigenvalue weighted by molar-refractivity contribution is 0.173. The molecule has 2 aromatic rings. The molecule has 0 saturated carbocycles. The van der Waals surface area contributed by atoms with Gasteiger partial charge in [-0.05, 0) is 46.6 Å². The van der Waals surface area contributed by atoms with E-state index in [-0.39, 0.29) is 12.4 Å². The number of fused-ring (bicyclic) bond motifs is 1. The maximum Gasteiger partial charge on any atom is 0.250 e. The number of aryl methyl sites for hydroxylation is 1. The molecule has 0 radical (unpaired) electrons. The first kappa shape index (κ1) is 14.0. The zero-order valence-corrected chi connectivity index (χ0v) is 13.1. The van der Waals surface area contributed by atoms with E-state index in [1.54, 1.807) is 16.7 Å². The molecule has 0 bridgehead atoms. The molecule has 0 fully saturated rings. The number of benzene rings is 1. The zero-order chi connectivity index (χ0) is 14.8. The molecule has 1 aliphatic heterocycles. The van der Waals surface area contributed by atoms with Crippen LogP contribution in [0.3, 0.4) is 0 Å². The van der Waals surface area contributed by atoms with Gasteiger partial charge in [0.1, 0.15) is 0 Å². The van der Waals surface area contributed by atoms with Gasteiger partial charge >= 0.3 is 0 Å². The van der Waals surface area contributed by atoms with Crippen molar-refractivity contribution in [1.82, 2.24) is 4.57 Å². The Hall–Kier alpha value is -1.95. The van der Waals surface area contributed by atoms with Crippen molar-refractivity contribution in [2.45, 2.75) is 20.0 Å². The molecule has 6 heteroatoms. The number of ether oxygens (including phenoxy) is 2. The van der Waals surface area contributed by atoms with Crippen molar-refractivity contribution in [3.63, 3.8) is 0 Å². The van der Waals surface area contributed by atoms with Gasteiger partial charge in [0.2, 0.25) is 6.79 Å². The maximum atomic E-state index is 11.5. The van der Waals surface area contributed by atoms with Gasteiger partial charge in [-0.1, -0.05) is 0 Å². The van der Waals surface area contributed by atoms with Crippen molar-refractivity contribution in [3.8, 4) is 11.5 Å². The van der Waals surface area contributed by atoms with Crippen LogP contribution in [-0.4, -0.2) is 11.4 Å². The fourth-order valence-corrected chi connectivity index (χ4v) is 2.81. The van der Waals surface area contributed by atoms with Crippen LogP contribution in [0.25, 0.3) is 0 Å². The molecular formula is C15H15BrN2O3. The first-order valence-corrected chi connectivity index (χ1v) is 7.49. The Morgan fingerprint density at radius 2 is 2.19 bits per heavy atom. The van der Waals surface area contributed by atoms with Crippen molar-refractivity contribution in [2.75, 3.05) is 12.1 Å². The summed E-state index contributed by atoms with van der Waals surface area (Å²) in [7, 11) is 0. The molecule has 1 aliphatic rings. The number of nitrogens with zero attached hydrogens (tertiary/aromatic N) is 1. The lowest BCUT2D eigenvalue weighted by atomic mass is 10.2. The number of aromatic nitrogens is 1. The molecule has 0 amide bonds.